The number of carbonyl (C=O) groups excluding carboxylic acids is 1. The summed E-state index contributed by atoms with van der Waals surface area (Å²) in [6.45, 7) is 0. The molecular weight excluding hydrogens is 586 g/mol. The summed E-state index contributed by atoms with van der Waals surface area (Å²) in [5.74, 6) is -1.93. The van der Waals surface area contributed by atoms with Crippen LogP contribution in [0.1, 0.15) is 10.4 Å². The number of halogens is 7. The molecule has 4 rings (SSSR count). The van der Waals surface area contributed by atoms with Gasteiger partial charge in [0.25, 0.3) is 5.91 Å². The Hall–Kier alpha value is -4.85. The largest absolute Gasteiger partial charge is 0.573 e. The van der Waals surface area contributed by atoms with Crippen molar-refractivity contribution in [1.82, 2.24) is 0 Å². The molecule has 0 aliphatic carbocycles. The van der Waals surface area contributed by atoms with Crippen LogP contribution in [-0.2, 0) is 0 Å². The molecule has 2 N–H and O–H groups in total. The topological polar surface area (TPSA) is 90.1 Å². The fourth-order valence-electron chi connectivity index (χ4n) is 3.28. The Labute approximate surface area is 231 Å². The monoisotopic (exact) mass is 601 g/mol. The molecule has 0 fully saturated rings. The number of alkyl halides is 6. The van der Waals surface area contributed by atoms with Crippen molar-refractivity contribution >= 4 is 23.2 Å². The lowest BCUT2D eigenvalue weighted by atomic mass is 10.1. The minimum absolute atomic E-state index is 0.00316. The fraction of sp³-hybridized carbons (Fsp3) is 0.0769. The first kappa shape index (κ1) is 29.1. The van der Waals surface area contributed by atoms with Crippen LogP contribution in [0, 0.1) is 0 Å². The van der Waals surface area contributed by atoms with Gasteiger partial charge in [-0.25, -0.2) is 0 Å². The average Bonchev–Trinajstić information content (AvgIpc) is 2.86. The SMILES string of the molecule is O=C(Nc1ccc[n+](O)c1)c1cc(Cl)c(Oc2ccc(OC(F)(F)F)cc2)cc1Oc1ccc(OC(F)(F)F)cc1. The third-order valence-corrected chi connectivity index (χ3v) is 5.19. The van der Waals surface area contributed by atoms with E-state index in [1.165, 1.54) is 48.8 Å². The molecule has 0 bridgehead atoms. The fourth-order valence-corrected chi connectivity index (χ4v) is 3.49. The Bertz CT molecular complexity index is 1530. The minimum atomic E-state index is -4.91. The molecule has 0 aliphatic heterocycles. The molecule has 214 valence electrons. The Balaban J connectivity index is 1.64. The zero-order valence-corrected chi connectivity index (χ0v) is 20.9. The first-order valence-corrected chi connectivity index (χ1v) is 11.5. The Morgan fingerprint density at radius 1 is 0.756 bits per heavy atom. The number of rotatable bonds is 8. The normalized spacial score (nSPS) is 11.5. The van der Waals surface area contributed by atoms with Crippen molar-refractivity contribution in [2.75, 3.05) is 5.32 Å². The number of amides is 1. The quantitative estimate of drug-likeness (QED) is 0.124. The van der Waals surface area contributed by atoms with Crippen LogP contribution in [0.25, 0.3) is 0 Å². The number of pyridine rings is 1. The van der Waals surface area contributed by atoms with E-state index in [0.29, 0.717) is 4.73 Å². The summed E-state index contributed by atoms with van der Waals surface area (Å²) in [4.78, 5) is 13.1. The summed E-state index contributed by atoms with van der Waals surface area (Å²) < 4.78 is 94.5. The molecule has 8 nitrogen and oxygen atoms in total. The molecule has 0 radical (unpaired) electrons. The number of anilines is 1. The highest BCUT2D eigenvalue weighted by Gasteiger charge is 2.32. The van der Waals surface area contributed by atoms with Crippen LogP contribution in [0.3, 0.4) is 0 Å². The lowest BCUT2D eigenvalue weighted by Crippen LogP contribution is -2.29. The van der Waals surface area contributed by atoms with Crippen molar-refractivity contribution in [3.05, 3.63) is 95.8 Å². The Morgan fingerprint density at radius 2 is 1.24 bits per heavy atom. The maximum atomic E-state index is 13.1. The van der Waals surface area contributed by atoms with Gasteiger partial charge >= 0.3 is 12.7 Å². The molecule has 0 saturated carbocycles. The van der Waals surface area contributed by atoms with E-state index >= 15 is 0 Å². The molecule has 41 heavy (non-hydrogen) atoms. The first-order valence-electron chi connectivity index (χ1n) is 11.2. The van der Waals surface area contributed by atoms with E-state index in [2.05, 4.69) is 14.8 Å². The van der Waals surface area contributed by atoms with Gasteiger partial charge in [-0.05, 0) is 60.7 Å². The van der Waals surface area contributed by atoms with E-state index < -0.39 is 30.1 Å². The molecule has 0 spiro atoms. The van der Waals surface area contributed by atoms with Crippen molar-refractivity contribution < 1.29 is 60.0 Å². The number of ether oxygens (including phenoxy) is 4. The van der Waals surface area contributed by atoms with E-state index in [0.717, 1.165) is 36.4 Å². The zero-order chi connectivity index (χ0) is 29.8. The number of nitrogens with zero attached hydrogens (tertiary/aromatic N) is 1. The third kappa shape index (κ3) is 8.57. The van der Waals surface area contributed by atoms with Crippen LogP contribution in [0.4, 0.5) is 32.0 Å². The van der Waals surface area contributed by atoms with E-state index in [-0.39, 0.29) is 39.3 Å². The van der Waals surface area contributed by atoms with Gasteiger partial charge in [0.15, 0.2) is 0 Å². The Morgan fingerprint density at radius 3 is 1.73 bits per heavy atom. The molecule has 0 saturated heterocycles. The third-order valence-electron chi connectivity index (χ3n) is 4.89. The molecule has 0 atom stereocenters. The molecule has 0 aliphatic rings. The van der Waals surface area contributed by atoms with Gasteiger partial charge in [0.1, 0.15) is 40.2 Å². The summed E-state index contributed by atoms with van der Waals surface area (Å²) in [7, 11) is 0. The van der Waals surface area contributed by atoms with Crippen LogP contribution >= 0.6 is 11.6 Å². The van der Waals surface area contributed by atoms with E-state index in [4.69, 9.17) is 21.1 Å². The summed E-state index contributed by atoms with van der Waals surface area (Å²) in [5, 5.41) is 12.0. The molecule has 1 aromatic heterocycles. The van der Waals surface area contributed by atoms with Crippen molar-refractivity contribution in [3.63, 3.8) is 0 Å². The van der Waals surface area contributed by atoms with Crippen LogP contribution in [0.5, 0.6) is 34.5 Å². The smallest absolute Gasteiger partial charge is 0.456 e. The first-order chi connectivity index (χ1) is 19.2. The van der Waals surface area contributed by atoms with Gasteiger partial charge in [0.05, 0.1) is 10.6 Å². The van der Waals surface area contributed by atoms with Crippen molar-refractivity contribution in [3.8, 4) is 34.5 Å². The molecule has 0 unspecified atom stereocenters. The molecule has 3 aromatic carbocycles. The van der Waals surface area contributed by atoms with Gasteiger partial charge in [-0.2, -0.15) is 0 Å². The highest BCUT2D eigenvalue weighted by molar-refractivity contribution is 6.32. The lowest BCUT2D eigenvalue weighted by Gasteiger charge is -2.16. The second-order valence-electron chi connectivity index (χ2n) is 7.95. The van der Waals surface area contributed by atoms with Gasteiger partial charge in [-0.1, -0.05) is 11.6 Å². The summed E-state index contributed by atoms with van der Waals surface area (Å²) in [6.07, 6.45) is -7.29. The maximum Gasteiger partial charge on any atom is 0.573 e. The summed E-state index contributed by atoms with van der Waals surface area (Å²) in [5.41, 5.74) is 0.0532. The maximum absolute atomic E-state index is 13.1. The van der Waals surface area contributed by atoms with Crippen molar-refractivity contribution in [2.24, 2.45) is 0 Å². The number of aromatic nitrogens is 1. The van der Waals surface area contributed by atoms with Crippen molar-refractivity contribution in [1.29, 1.82) is 0 Å². The standard InChI is InChI=1S/C26H15ClF6N2O6/c27-21-12-20(24(36)34-15-2-1-11-35(37)14-15)22(38-16-3-7-18(8-4-16)40-25(28,29)30)13-23(21)39-17-5-9-19(10-6-17)41-26(31,32)33/h1-14H,(H-,34,36,37)/p+1. The van der Waals surface area contributed by atoms with E-state index in [1.54, 1.807) is 0 Å². The summed E-state index contributed by atoms with van der Waals surface area (Å²) >= 11 is 6.33. The number of nitrogens with one attached hydrogen (secondary N) is 1. The predicted molar refractivity (Wildman–Crippen MR) is 130 cm³/mol. The van der Waals surface area contributed by atoms with Gasteiger partial charge in [0, 0.05) is 16.9 Å². The van der Waals surface area contributed by atoms with Gasteiger partial charge in [-0.15, -0.1) is 26.3 Å². The number of hydrogen-bond acceptors (Lipinski definition) is 6. The minimum Gasteiger partial charge on any atom is -0.456 e. The van der Waals surface area contributed by atoms with Crippen LogP contribution in [0.2, 0.25) is 5.02 Å². The number of carbonyl (C=O) groups is 1. The number of benzene rings is 3. The molecule has 1 heterocycles. The molecule has 15 heteroatoms. The molecular formula is C26H16ClF6N2O6+. The van der Waals surface area contributed by atoms with E-state index in [1.807, 2.05) is 0 Å². The average molecular weight is 602 g/mol. The van der Waals surface area contributed by atoms with E-state index in [9.17, 15) is 36.3 Å². The van der Waals surface area contributed by atoms with Gasteiger partial charge in [-0.3, -0.25) is 10.0 Å². The highest BCUT2D eigenvalue weighted by Crippen LogP contribution is 2.39. The molecule has 1 amide bonds. The molecule has 4 aromatic rings. The van der Waals surface area contributed by atoms with Crippen molar-refractivity contribution in [2.45, 2.75) is 12.7 Å². The zero-order valence-electron chi connectivity index (χ0n) is 20.2. The number of hydrogen-bond donors (Lipinski definition) is 2. The van der Waals surface area contributed by atoms with Gasteiger partial charge < -0.3 is 24.3 Å². The summed E-state index contributed by atoms with van der Waals surface area (Å²) in [6, 6.07) is 14.0. The van der Waals surface area contributed by atoms with Crippen LogP contribution in [-0.4, -0.2) is 23.8 Å². The van der Waals surface area contributed by atoms with Crippen LogP contribution in [0.15, 0.2) is 85.2 Å². The highest BCUT2D eigenvalue weighted by atomic mass is 35.5. The predicted octanol–water partition coefficient (Wildman–Crippen LogP) is 7.50. The lowest BCUT2D eigenvalue weighted by molar-refractivity contribution is -0.904. The van der Waals surface area contributed by atoms with Gasteiger partial charge in [0.2, 0.25) is 12.4 Å². The Kier molecular flexibility index (Phi) is 8.33. The second-order valence-corrected chi connectivity index (χ2v) is 8.36. The second kappa shape index (κ2) is 11.7. The van der Waals surface area contributed by atoms with Crippen LogP contribution < -0.4 is 29.0 Å².